The SMILES string of the molecule is O=c1/c(=C\c2cccc(OCc3ccc(Cl)cc3)c2)sc2n1[C@H](c1ccc(Br)cc1)C1=C(N=2)c2ccccc2CC1. The van der Waals surface area contributed by atoms with E-state index in [0.29, 0.717) is 16.2 Å². The number of hydrogen-bond acceptors (Lipinski definition) is 4. The Hall–Kier alpha value is -3.71. The third-order valence-corrected chi connectivity index (χ3v) is 9.30. The normalized spacial score (nSPS) is 16.0. The Morgan fingerprint density at radius 3 is 2.61 bits per heavy atom. The second-order valence-electron chi connectivity index (χ2n) is 10.2. The predicted molar refractivity (Wildman–Crippen MR) is 169 cm³/mol. The van der Waals surface area contributed by atoms with Gasteiger partial charge in [-0.3, -0.25) is 9.36 Å². The van der Waals surface area contributed by atoms with Gasteiger partial charge in [-0.1, -0.05) is 99.5 Å². The summed E-state index contributed by atoms with van der Waals surface area (Å²) < 4.78 is 9.57. The van der Waals surface area contributed by atoms with Crippen molar-refractivity contribution in [1.29, 1.82) is 0 Å². The molecule has 0 amide bonds. The molecule has 2 heterocycles. The van der Waals surface area contributed by atoms with E-state index in [9.17, 15) is 4.79 Å². The topological polar surface area (TPSA) is 43.6 Å². The second kappa shape index (κ2) is 10.9. The smallest absolute Gasteiger partial charge is 0.271 e. The molecule has 0 N–H and O–H groups in total. The summed E-state index contributed by atoms with van der Waals surface area (Å²) in [7, 11) is 0. The molecule has 4 aromatic carbocycles. The van der Waals surface area contributed by atoms with Crippen LogP contribution in [0, 0.1) is 0 Å². The average Bonchev–Trinajstić information content (AvgIpc) is 3.30. The molecule has 4 nitrogen and oxygen atoms in total. The molecule has 0 saturated carbocycles. The van der Waals surface area contributed by atoms with E-state index in [0.717, 1.165) is 50.3 Å². The molecule has 7 rings (SSSR count). The minimum atomic E-state index is -0.195. The molecular weight excluding hydrogens is 616 g/mol. The molecule has 1 atom stereocenters. The molecular formula is C34H24BrClN2O2S. The van der Waals surface area contributed by atoms with Crippen LogP contribution in [0.4, 0.5) is 0 Å². The molecule has 41 heavy (non-hydrogen) atoms. The standard InChI is InChI=1S/C34H24BrClN2O2S/c35-25-13-10-24(11-14-25)32-29-17-12-23-5-1-2-7-28(23)31(29)37-34-38(32)33(39)30(41-34)19-22-4-3-6-27(18-22)40-20-21-8-15-26(36)16-9-21/h1-11,13-16,18-19,32H,12,17,20H2/b30-19+/t32-/m1/s1. The van der Waals surface area contributed by atoms with Gasteiger partial charge in [-0.25, -0.2) is 4.99 Å². The molecule has 0 radical (unpaired) electrons. The number of aromatic nitrogens is 1. The van der Waals surface area contributed by atoms with Crippen LogP contribution in [0.15, 0.2) is 117 Å². The predicted octanol–water partition coefficient (Wildman–Crippen LogP) is 7.31. The molecule has 1 aliphatic carbocycles. The van der Waals surface area contributed by atoms with E-state index in [1.165, 1.54) is 28.0 Å². The van der Waals surface area contributed by atoms with Crippen LogP contribution in [0.1, 0.15) is 40.3 Å². The summed E-state index contributed by atoms with van der Waals surface area (Å²) in [6.07, 6.45) is 3.74. The summed E-state index contributed by atoms with van der Waals surface area (Å²) in [5, 5.41) is 0.699. The molecule has 0 saturated heterocycles. The van der Waals surface area contributed by atoms with Crippen molar-refractivity contribution < 1.29 is 4.74 Å². The van der Waals surface area contributed by atoms with Crippen molar-refractivity contribution in [3.63, 3.8) is 0 Å². The van der Waals surface area contributed by atoms with Crippen molar-refractivity contribution in [2.75, 3.05) is 0 Å². The molecule has 0 unspecified atom stereocenters. The van der Waals surface area contributed by atoms with Crippen LogP contribution in [0.5, 0.6) is 5.75 Å². The summed E-state index contributed by atoms with van der Waals surface area (Å²) in [6.45, 7) is 0.434. The molecule has 0 fully saturated rings. The Balaban J connectivity index is 1.30. The van der Waals surface area contributed by atoms with Gasteiger partial charge in [0.1, 0.15) is 12.4 Å². The zero-order chi connectivity index (χ0) is 27.9. The van der Waals surface area contributed by atoms with Crippen LogP contribution in [-0.2, 0) is 13.0 Å². The number of fused-ring (bicyclic) bond motifs is 3. The van der Waals surface area contributed by atoms with Crippen molar-refractivity contribution in [2.45, 2.75) is 25.5 Å². The lowest BCUT2D eigenvalue weighted by atomic mass is 9.83. The number of nitrogens with zero attached hydrogens (tertiary/aromatic N) is 2. The molecule has 1 aliphatic heterocycles. The highest BCUT2D eigenvalue weighted by Gasteiger charge is 2.32. The lowest BCUT2D eigenvalue weighted by Crippen LogP contribution is -2.38. The van der Waals surface area contributed by atoms with Gasteiger partial charge in [0.05, 0.1) is 16.3 Å². The highest BCUT2D eigenvalue weighted by molar-refractivity contribution is 9.10. The summed E-state index contributed by atoms with van der Waals surface area (Å²) in [6, 6.07) is 32.0. The van der Waals surface area contributed by atoms with E-state index < -0.39 is 0 Å². The van der Waals surface area contributed by atoms with E-state index in [2.05, 4.69) is 52.3 Å². The van der Waals surface area contributed by atoms with Crippen LogP contribution in [0.25, 0.3) is 11.8 Å². The maximum absolute atomic E-state index is 14.0. The summed E-state index contributed by atoms with van der Waals surface area (Å²) in [4.78, 5) is 19.9. The monoisotopic (exact) mass is 638 g/mol. The first-order valence-electron chi connectivity index (χ1n) is 13.4. The summed E-state index contributed by atoms with van der Waals surface area (Å²) in [5.74, 6) is 0.737. The Morgan fingerprint density at radius 2 is 1.78 bits per heavy atom. The average molecular weight is 640 g/mol. The van der Waals surface area contributed by atoms with Crippen LogP contribution in [0.3, 0.4) is 0 Å². The van der Waals surface area contributed by atoms with E-state index >= 15 is 0 Å². The highest BCUT2D eigenvalue weighted by atomic mass is 79.9. The minimum Gasteiger partial charge on any atom is -0.489 e. The van der Waals surface area contributed by atoms with Gasteiger partial charge in [-0.15, -0.1) is 0 Å². The van der Waals surface area contributed by atoms with E-state index in [1.807, 2.05) is 71.3 Å². The number of benzene rings is 4. The van der Waals surface area contributed by atoms with Gasteiger partial charge in [0.25, 0.3) is 5.56 Å². The highest BCUT2D eigenvalue weighted by Crippen LogP contribution is 2.41. The molecule has 5 aromatic rings. The zero-order valence-electron chi connectivity index (χ0n) is 21.9. The number of thiazole rings is 1. The molecule has 0 bridgehead atoms. The van der Waals surface area contributed by atoms with Gasteiger partial charge in [-0.05, 0) is 83.1 Å². The van der Waals surface area contributed by atoms with Crippen LogP contribution in [0.2, 0.25) is 5.02 Å². The van der Waals surface area contributed by atoms with Crippen molar-refractivity contribution in [3.05, 3.63) is 160 Å². The van der Waals surface area contributed by atoms with Crippen molar-refractivity contribution in [3.8, 4) is 5.75 Å². The first kappa shape index (κ1) is 26.2. The minimum absolute atomic E-state index is 0.0282. The van der Waals surface area contributed by atoms with Crippen molar-refractivity contribution >= 4 is 50.6 Å². The number of allylic oxidation sites excluding steroid dienone is 1. The number of rotatable bonds is 5. The Bertz CT molecular complexity index is 1990. The third kappa shape index (κ3) is 5.12. The van der Waals surface area contributed by atoms with E-state index in [-0.39, 0.29) is 11.6 Å². The number of ether oxygens (including phenoxy) is 1. The van der Waals surface area contributed by atoms with Gasteiger partial charge >= 0.3 is 0 Å². The molecule has 0 spiro atoms. The van der Waals surface area contributed by atoms with E-state index in [4.69, 9.17) is 21.3 Å². The third-order valence-electron chi connectivity index (χ3n) is 7.53. The lowest BCUT2D eigenvalue weighted by molar-refractivity contribution is 0.306. The number of halogens is 2. The summed E-state index contributed by atoms with van der Waals surface area (Å²) >= 11 is 11.0. The lowest BCUT2D eigenvalue weighted by Gasteiger charge is -2.30. The maximum atomic E-state index is 14.0. The fourth-order valence-corrected chi connectivity index (χ4v) is 6.95. The molecule has 2 aliphatic rings. The van der Waals surface area contributed by atoms with Crippen LogP contribution >= 0.6 is 38.9 Å². The summed E-state index contributed by atoms with van der Waals surface area (Å²) in [5.41, 5.74) is 7.66. The van der Waals surface area contributed by atoms with Gasteiger partial charge in [0, 0.05) is 15.1 Å². The first-order valence-corrected chi connectivity index (χ1v) is 15.4. The Kier molecular flexibility index (Phi) is 6.99. The molecule has 7 heteroatoms. The quantitative estimate of drug-likeness (QED) is 0.202. The molecule has 202 valence electrons. The largest absolute Gasteiger partial charge is 0.489 e. The zero-order valence-corrected chi connectivity index (χ0v) is 25.0. The van der Waals surface area contributed by atoms with Crippen molar-refractivity contribution in [2.24, 2.45) is 4.99 Å². The first-order chi connectivity index (χ1) is 20.0. The van der Waals surface area contributed by atoms with Crippen LogP contribution < -0.4 is 19.6 Å². The second-order valence-corrected chi connectivity index (χ2v) is 12.5. The number of aryl methyl sites for hydroxylation is 1. The molecule has 1 aromatic heterocycles. The maximum Gasteiger partial charge on any atom is 0.271 e. The fourth-order valence-electron chi connectivity index (χ4n) is 5.56. The van der Waals surface area contributed by atoms with E-state index in [1.54, 1.807) is 0 Å². The number of hydrogen-bond donors (Lipinski definition) is 0. The van der Waals surface area contributed by atoms with Gasteiger partial charge < -0.3 is 4.74 Å². The van der Waals surface area contributed by atoms with Crippen LogP contribution in [-0.4, -0.2) is 4.57 Å². The van der Waals surface area contributed by atoms with Crippen molar-refractivity contribution in [1.82, 2.24) is 4.57 Å². The fraction of sp³-hybridized carbons (Fsp3) is 0.118. The van der Waals surface area contributed by atoms with Gasteiger partial charge in [-0.2, -0.15) is 0 Å². The van der Waals surface area contributed by atoms with Gasteiger partial charge in [0.15, 0.2) is 4.80 Å². The Morgan fingerprint density at radius 1 is 0.976 bits per heavy atom. The van der Waals surface area contributed by atoms with Gasteiger partial charge in [0.2, 0.25) is 0 Å². The Labute approximate surface area is 254 Å².